The van der Waals surface area contributed by atoms with Gasteiger partial charge in [0, 0.05) is 45.3 Å². The van der Waals surface area contributed by atoms with Gasteiger partial charge in [0.2, 0.25) is 5.91 Å². The van der Waals surface area contributed by atoms with Crippen molar-refractivity contribution in [2.24, 2.45) is 5.92 Å². The number of thioether (sulfide) groups is 1. The number of nitrogens with zero attached hydrogens (tertiary/aromatic N) is 4. The Kier molecular flexibility index (Phi) is 9.80. The van der Waals surface area contributed by atoms with Crippen LogP contribution in [-0.2, 0) is 4.79 Å². The van der Waals surface area contributed by atoms with Crippen molar-refractivity contribution < 1.29 is 9.59 Å². The molecule has 0 aliphatic carbocycles. The van der Waals surface area contributed by atoms with Crippen molar-refractivity contribution in [1.29, 1.82) is 0 Å². The summed E-state index contributed by atoms with van der Waals surface area (Å²) in [5.74, 6) is 1.50. The Morgan fingerprint density at radius 1 is 1.17 bits per heavy atom. The highest BCUT2D eigenvalue weighted by Gasteiger charge is 2.22. The minimum Gasteiger partial charge on any atom is -0.355 e. The number of amides is 3. The second-order valence-corrected chi connectivity index (χ2v) is 8.69. The summed E-state index contributed by atoms with van der Waals surface area (Å²) in [7, 11) is 0. The molecule has 1 fully saturated rings. The number of urea groups is 1. The number of aromatic nitrogens is 2. The molecule has 1 aromatic rings. The molecule has 1 aliphatic heterocycles. The quantitative estimate of drug-likeness (QED) is 0.347. The van der Waals surface area contributed by atoms with Crippen LogP contribution in [0, 0.1) is 5.92 Å². The first kappa shape index (κ1) is 23.5. The molecule has 0 spiro atoms. The summed E-state index contributed by atoms with van der Waals surface area (Å²) in [5, 5.41) is 6.64. The predicted molar refractivity (Wildman–Crippen MR) is 118 cm³/mol. The summed E-state index contributed by atoms with van der Waals surface area (Å²) in [6.45, 7) is 10.2. The van der Waals surface area contributed by atoms with Crippen LogP contribution in [0.3, 0.4) is 0 Å². The van der Waals surface area contributed by atoms with E-state index in [9.17, 15) is 9.59 Å². The Labute approximate surface area is 182 Å². The third-order valence-electron chi connectivity index (χ3n) is 4.45. The Morgan fingerprint density at radius 3 is 2.55 bits per heavy atom. The van der Waals surface area contributed by atoms with Gasteiger partial charge in [-0.2, -0.15) is 0 Å². The van der Waals surface area contributed by atoms with Gasteiger partial charge in [0.15, 0.2) is 5.16 Å². The molecule has 1 saturated heterocycles. The predicted octanol–water partition coefficient (Wildman–Crippen LogP) is 2.63. The van der Waals surface area contributed by atoms with Gasteiger partial charge < -0.3 is 20.4 Å². The fraction of sp³-hybridized carbons (Fsp3) is 0.684. The molecule has 3 amide bonds. The van der Waals surface area contributed by atoms with Crippen LogP contribution in [-0.4, -0.2) is 71.8 Å². The minimum absolute atomic E-state index is 0.0213. The third-order valence-corrected chi connectivity index (χ3v) is 5.50. The Hall–Kier alpha value is -1.74. The first-order chi connectivity index (χ1) is 13.9. The topological polar surface area (TPSA) is 90.5 Å². The van der Waals surface area contributed by atoms with Crippen LogP contribution in [0.1, 0.15) is 33.6 Å². The standard InChI is InChI=1S/C19H31ClN6O2S/c1-4-6-22-19(28)26-10-8-25(9-11-26)16-12-15(20)23-18(24-16)29-13-17(27)21-7-5-14(2)3/h12,14H,4-11,13H2,1-3H3,(H,21,27)(H,22,28). The summed E-state index contributed by atoms with van der Waals surface area (Å²) >= 11 is 7.45. The van der Waals surface area contributed by atoms with Gasteiger partial charge in [-0.1, -0.05) is 44.1 Å². The third kappa shape index (κ3) is 8.26. The van der Waals surface area contributed by atoms with Gasteiger partial charge in [-0.15, -0.1) is 0 Å². The number of hydrogen-bond donors (Lipinski definition) is 2. The molecule has 29 heavy (non-hydrogen) atoms. The smallest absolute Gasteiger partial charge is 0.317 e. The second kappa shape index (κ2) is 12.1. The molecule has 0 aromatic carbocycles. The van der Waals surface area contributed by atoms with E-state index in [-0.39, 0.29) is 17.7 Å². The average Bonchev–Trinajstić information content (AvgIpc) is 2.70. The summed E-state index contributed by atoms with van der Waals surface area (Å²) < 4.78 is 0. The molecule has 2 rings (SSSR count). The largest absolute Gasteiger partial charge is 0.355 e. The normalized spacial score (nSPS) is 14.2. The minimum atomic E-state index is -0.0347. The van der Waals surface area contributed by atoms with E-state index in [1.165, 1.54) is 11.8 Å². The number of carbonyl (C=O) groups is 2. The lowest BCUT2D eigenvalue weighted by molar-refractivity contribution is -0.118. The van der Waals surface area contributed by atoms with E-state index in [2.05, 4.69) is 39.3 Å². The molecular formula is C19H31ClN6O2S. The van der Waals surface area contributed by atoms with E-state index in [0.29, 0.717) is 55.5 Å². The van der Waals surface area contributed by atoms with Gasteiger partial charge in [-0.05, 0) is 18.8 Å². The van der Waals surface area contributed by atoms with Crippen LogP contribution in [0.5, 0.6) is 0 Å². The van der Waals surface area contributed by atoms with Gasteiger partial charge in [0.25, 0.3) is 0 Å². The highest BCUT2D eigenvalue weighted by molar-refractivity contribution is 7.99. The number of hydrogen-bond acceptors (Lipinski definition) is 6. The number of carbonyl (C=O) groups excluding carboxylic acids is 2. The average molecular weight is 443 g/mol. The van der Waals surface area contributed by atoms with Gasteiger partial charge in [-0.25, -0.2) is 14.8 Å². The van der Waals surface area contributed by atoms with Crippen LogP contribution in [0.15, 0.2) is 11.2 Å². The zero-order valence-corrected chi connectivity index (χ0v) is 19.0. The number of anilines is 1. The highest BCUT2D eigenvalue weighted by atomic mass is 35.5. The molecule has 8 nitrogen and oxygen atoms in total. The summed E-state index contributed by atoms with van der Waals surface area (Å²) in [6, 6.07) is 1.70. The van der Waals surface area contributed by atoms with Crippen molar-refractivity contribution in [2.75, 3.05) is 49.9 Å². The molecule has 1 aliphatic rings. The first-order valence-electron chi connectivity index (χ1n) is 10.1. The van der Waals surface area contributed by atoms with Crippen LogP contribution in [0.2, 0.25) is 5.15 Å². The monoisotopic (exact) mass is 442 g/mol. The molecule has 2 N–H and O–H groups in total. The van der Waals surface area contributed by atoms with Crippen molar-refractivity contribution in [3.8, 4) is 0 Å². The number of halogens is 1. The van der Waals surface area contributed by atoms with Crippen LogP contribution in [0.4, 0.5) is 10.6 Å². The first-order valence-corrected chi connectivity index (χ1v) is 11.5. The van der Waals surface area contributed by atoms with Crippen molar-refractivity contribution in [1.82, 2.24) is 25.5 Å². The Bertz CT molecular complexity index is 683. The number of rotatable bonds is 9. The molecule has 0 radical (unpaired) electrons. The van der Waals surface area contributed by atoms with Crippen LogP contribution < -0.4 is 15.5 Å². The molecule has 10 heteroatoms. The molecule has 162 valence electrons. The lowest BCUT2D eigenvalue weighted by Crippen LogP contribution is -2.52. The van der Waals surface area contributed by atoms with Gasteiger partial charge in [0.05, 0.1) is 5.75 Å². The zero-order chi connectivity index (χ0) is 21.2. The van der Waals surface area contributed by atoms with E-state index in [1.807, 2.05) is 11.8 Å². The summed E-state index contributed by atoms with van der Waals surface area (Å²) in [5.41, 5.74) is 0. The van der Waals surface area contributed by atoms with Crippen molar-refractivity contribution in [2.45, 2.75) is 38.8 Å². The van der Waals surface area contributed by atoms with Crippen molar-refractivity contribution in [3.05, 3.63) is 11.2 Å². The van der Waals surface area contributed by atoms with Crippen LogP contribution >= 0.6 is 23.4 Å². The Morgan fingerprint density at radius 2 is 1.90 bits per heavy atom. The lowest BCUT2D eigenvalue weighted by atomic mass is 10.1. The van der Waals surface area contributed by atoms with Gasteiger partial charge >= 0.3 is 6.03 Å². The fourth-order valence-corrected chi connectivity index (χ4v) is 3.69. The Balaban J connectivity index is 1.86. The molecule has 1 aromatic heterocycles. The maximum atomic E-state index is 12.1. The van der Waals surface area contributed by atoms with E-state index >= 15 is 0 Å². The number of nitrogens with one attached hydrogen (secondary N) is 2. The van der Waals surface area contributed by atoms with E-state index < -0.39 is 0 Å². The molecule has 0 atom stereocenters. The molecular weight excluding hydrogens is 412 g/mol. The molecule has 2 heterocycles. The van der Waals surface area contributed by atoms with Crippen LogP contribution in [0.25, 0.3) is 0 Å². The summed E-state index contributed by atoms with van der Waals surface area (Å²) in [6.07, 6.45) is 1.87. The summed E-state index contributed by atoms with van der Waals surface area (Å²) in [4.78, 5) is 36.7. The zero-order valence-electron chi connectivity index (χ0n) is 17.4. The SMILES string of the molecule is CCCNC(=O)N1CCN(c2cc(Cl)nc(SCC(=O)NCCC(C)C)n2)CC1. The molecule has 0 saturated carbocycles. The number of piperazine rings is 1. The maximum absolute atomic E-state index is 12.1. The van der Waals surface area contributed by atoms with Gasteiger partial charge in [-0.3, -0.25) is 4.79 Å². The van der Waals surface area contributed by atoms with Crippen molar-refractivity contribution in [3.63, 3.8) is 0 Å². The molecule has 0 bridgehead atoms. The maximum Gasteiger partial charge on any atom is 0.317 e. The van der Waals surface area contributed by atoms with Crippen molar-refractivity contribution >= 4 is 41.1 Å². The highest BCUT2D eigenvalue weighted by Crippen LogP contribution is 2.22. The fourth-order valence-electron chi connectivity index (χ4n) is 2.78. The van der Waals surface area contributed by atoms with E-state index in [0.717, 1.165) is 18.7 Å². The lowest BCUT2D eigenvalue weighted by Gasteiger charge is -2.35. The second-order valence-electron chi connectivity index (χ2n) is 7.36. The van der Waals surface area contributed by atoms with E-state index in [4.69, 9.17) is 11.6 Å². The van der Waals surface area contributed by atoms with Gasteiger partial charge in [0.1, 0.15) is 11.0 Å². The molecule has 0 unspecified atom stereocenters. The van der Waals surface area contributed by atoms with E-state index in [1.54, 1.807) is 6.07 Å².